The fraction of sp³-hybridized carbons (Fsp3) is 0.0714. The summed E-state index contributed by atoms with van der Waals surface area (Å²) in [5, 5.41) is 18.2. The number of hydrogen-bond acceptors (Lipinski definition) is 4. The summed E-state index contributed by atoms with van der Waals surface area (Å²) >= 11 is 5.79. The average molecular weight is 288 g/mol. The van der Waals surface area contributed by atoms with E-state index in [2.05, 4.69) is 11.1 Å². The first-order valence-electron chi connectivity index (χ1n) is 5.66. The topological polar surface area (TPSA) is 77.2 Å². The lowest BCUT2D eigenvalue weighted by Gasteiger charge is -2.19. The Bertz CT molecular complexity index is 710. The maximum Gasteiger partial charge on any atom is 0.337 e. The fourth-order valence-corrected chi connectivity index (χ4v) is 1.94. The largest absolute Gasteiger partial charge is 0.478 e. The van der Waals surface area contributed by atoms with Gasteiger partial charge in [-0.1, -0.05) is 23.7 Å². The van der Waals surface area contributed by atoms with Crippen LogP contribution in [0.1, 0.15) is 15.9 Å². The predicted molar refractivity (Wildman–Crippen MR) is 75.4 cm³/mol. The van der Waals surface area contributed by atoms with Gasteiger partial charge in [0.1, 0.15) is 11.9 Å². The number of anilines is 2. The monoisotopic (exact) mass is 287 g/mol. The highest BCUT2D eigenvalue weighted by molar-refractivity contribution is 6.33. The maximum atomic E-state index is 11.1. The lowest BCUT2D eigenvalue weighted by atomic mass is 10.1. The van der Waals surface area contributed by atoms with E-state index in [0.29, 0.717) is 17.1 Å². The van der Waals surface area contributed by atoms with Crippen LogP contribution in [0.2, 0.25) is 5.02 Å². The number of carboxylic acids is 1. The number of halogens is 1. The Labute approximate surface area is 120 Å². The van der Waals surface area contributed by atoms with E-state index in [4.69, 9.17) is 22.0 Å². The normalized spacial score (nSPS) is 9.85. The number of hydrogen-bond donors (Lipinski definition) is 1. The van der Waals surface area contributed by atoms with E-state index in [0.717, 1.165) is 0 Å². The summed E-state index contributed by atoms with van der Waals surface area (Å²) in [5.74, 6) is -0.727. The number of pyridine rings is 1. The van der Waals surface area contributed by atoms with Gasteiger partial charge in [0.2, 0.25) is 0 Å². The minimum Gasteiger partial charge on any atom is -0.478 e. The van der Waals surface area contributed by atoms with Crippen LogP contribution in [0.5, 0.6) is 0 Å². The predicted octanol–water partition coefficient (Wildman–Crippen LogP) is 3.07. The van der Waals surface area contributed by atoms with Crippen LogP contribution in [0.4, 0.5) is 11.5 Å². The van der Waals surface area contributed by atoms with Crippen LogP contribution in [0, 0.1) is 11.3 Å². The van der Waals surface area contributed by atoms with Crippen LogP contribution in [0.3, 0.4) is 0 Å². The van der Waals surface area contributed by atoms with Crippen molar-refractivity contribution in [2.45, 2.75) is 0 Å². The van der Waals surface area contributed by atoms with Gasteiger partial charge in [0, 0.05) is 13.2 Å². The molecule has 0 saturated carbocycles. The van der Waals surface area contributed by atoms with Gasteiger partial charge in [-0.05, 0) is 18.2 Å². The third kappa shape index (κ3) is 2.56. The molecule has 0 amide bonds. The number of carboxylic acid groups (broad SMARTS) is 1. The summed E-state index contributed by atoms with van der Waals surface area (Å²) in [7, 11) is 1.71. The maximum absolute atomic E-state index is 11.1. The summed E-state index contributed by atoms with van der Waals surface area (Å²) in [6.07, 6.45) is 1.28. The van der Waals surface area contributed by atoms with Crippen molar-refractivity contribution in [2.75, 3.05) is 11.9 Å². The van der Waals surface area contributed by atoms with Crippen molar-refractivity contribution in [1.29, 1.82) is 5.26 Å². The van der Waals surface area contributed by atoms with Crippen LogP contribution >= 0.6 is 11.6 Å². The lowest BCUT2D eigenvalue weighted by Crippen LogP contribution is -2.13. The first-order chi connectivity index (χ1) is 9.54. The molecule has 100 valence electrons. The van der Waals surface area contributed by atoms with Crippen molar-refractivity contribution in [3.8, 4) is 6.07 Å². The van der Waals surface area contributed by atoms with E-state index >= 15 is 0 Å². The zero-order valence-corrected chi connectivity index (χ0v) is 11.3. The minimum atomic E-state index is -1.12. The molecule has 1 aromatic carbocycles. The fourth-order valence-electron chi connectivity index (χ4n) is 1.76. The molecule has 6 heteroatoms. The summed E-state index contributed by atoms with van der Waals surface area (Å²) in [6.45, 7) is 0. The van der Waals surface area contributed by atoms with Gasteiger partial charge >= 0.3 is 5.97 Å². The second-order valence-electron chi connectivity index (χ2n) is 4.02. The molecule has 0 saturated heterocycles. The molecule has 0 atom stereocenters. The van der Waals surface area contributed by atoms with E-state index < -0.39 is 5.97 Å². The van der Waals surface area contributed by atoms with Crippen LogP contribution in [0.15, 0.2) is 36.5 Å². The molecule has 0 bridgehead atoms. The number of aromatic nitrogens is 1. The highest BCUT2D eigenvalue weighted by atomic mass is 35.5. The summed E-state index contributed by atoms with van der Waals surface area (Å²) in [5.41, 5.74) is 1.09. The van der Waals surface area contributed by atoms with Gasteiger partial charge in [-0.2, -0.15) is 5.26 Å². The first kappa shape index (κ1) is 13.8. The molecule has 0 aliphatic rings. The van der Waals surface area contributed by atoms with Crippen molar-refractivity contribution in [3.63, 3.8) is 0 Å². The van der Waals surface area contributed by atoms with Gasteiger partial charge in [0.05, 0.1) is 21.8 Å². The smallest absolute Gasteiger partial charge is 0.337 e. The summed E-state index contributed by atoms with van der Waals surface area (Å²) < 4.78 is 0. The van der Waals surface area contributed by atoms with E-state index in [1.165, 1.54) is 12.3 Å². The van der Waals surface area contributed by atoms with Gasteiger partial charge < -0.3 is 10.0 Å². The molecular formula is C14H10ClN3O2. The molecule has 0 fully saturated rings. The van der Waals surface area contributed by atoms with E-state index in [-0.39, 0.29) is 10.6 Å². The molecule has 2 rings (SSSR count). The Morgan fingerprint density at radius 1 is 1.45 bits per heavy atom. The number of nitriles is 1. The van der Waals surface area contributed by atoms with Crippen molar-refractivity contribution in [2.24, 2.45) is 0 Å². The molecule has 5 nitrogen and oxygen atoms in total. The second kappa shape index (κ2) is 5.59. The average Bonchev–Trinajstić information content (AvgIpc) is 2.46. The van der Waals surface area contributed by atoms with Crippen LogP contribution in [-0.2, 0) is 0 Å². The zero-order chi connectivity index (χ0) is 14.7. The Balaban J connectivity index is 2.49. The Morgan fingerprint density at radius 3 is 2.80 bits per heavy atom. The SMILES string of the molecule is CN(c1cc(C(=O)O)c(Cl)cn1)c1ccccc1C#N. The Morgan fingerprint density at radius 2 is 2.15 bits per heavy atom. The number of aromatic carboxylic acids is 1. The summed E-state index contributed by atoms with van der Waals surface area (Å²) in [4.78, 5) is 16.8. The van der Waals surface area contributed by atoms with E-state index in [9.17, 15) is 4.79 Å². The minimum absolute atomic E-state index is 0.0297. The Hall–Kier alpha value is -2.58. The van der Waals surface area contributed by atoms with Crippen molar-refractivity contribution in [1.82, 2.24) is 4.98 Å². The number of nitrogens with zero attached hydrogens (tertiary/aromatic N) is 3. The molecule has 0 radical (unpaired) electrons. The molecule has 0 spiro atoms. The molecule has 1 aromatic heterocycles. The standard InChI is InChI=1S/C14H10ClN3O2/c1-18(12-5-3-2-4-9(12)7-16)13-6-10(14(19)20)11(15)8-17-13/h2-6,8H,1H3,(H,19,20). The molecule has 0 aliphatic carbocycles. The van der Waals surface area contributed by atoms with Crippen LogP contribution in [-0.4, -0.2) is 23.1 Å². The Kier molecular flexibility index (Phi) is 3.87. The van der Waals surface area contributed by atoms with Gasteiger partial charge in [-0.25, -0.2) is 9.78 Å². The number of para-hydroxylation sites is 1. The van der Waals surface area contributed by atoms with Gasteiger partial charge in [0.25, 0.3) is 0 Å². The number of carbonyl (C=O) groups is 1. The van der Waals surface area contributed by atoms with Gasteiger partial charge in [-0.3, -0.25) is 0 Å². The van der Waals surface area contributed by atoms with Crippen molar-refractivity contribution in [3.05, 3.63) is 52.7 Å². The molecule has 0 unspecified atom stereocenters. The van der Waals surface area contributed by atoms with E-state index in [1.54, 1.807) is 36.2 Å². The van der Waals surface area contributed by atoms with Crippen molar-refractivity contribution < 1.29 is 9.90 Å². The third-order valence-electron chi connectivity index (χ3n) is 2.80. The highest BCUT2D eigenvalue weighted by Gasteiger charge is 2.15. The number of benzene rings is 1. The molecule has 1 heterocycles. The molecular weight excluding hydrogens is 278 g/mol. The summed E-state index contributed by atoms with van der Waals surface area (Å²) in [6, 6.07) is 10.4. The van der Waals surface area contributed by atoms with Gasteiger partial charge in [0.15, 0.2) is 0 Å². The number of rotatable bonds is 3. The second-order valence-corrected chi connectivity index (χ2v) is 4.42. The van der Waals surface area contributed by atoms with Crippen molar-refractivity contribution >= 4 is 29.1 Å². The van der Waals surface area contributed by atoms with Crippen LogP contribution < -0.4 is 4.90 Å². The quantitative estimate of drug-likeness (QED) is 0.938. The molecule has 1 N–H and O–H groups in total. The molecule has 20 heavy (non-hydrogen) atoms. The first-order valence-corrected chi connectivity index (χ1v) is 6.04. The molecule has 0 aliphatic heterocycles. The van der Waals surface area contributed by atoms with Gasteiger partial charge in [-0.15, -0.1) is 0 Å². The highest BCUT2D eigenvalue weighted by Crippen LogP contribution is 2.27. The third-order valence-corrected chi connectivity index (χ3v) is 3.10. The lowest BCUT2D eigenvalue weighted by molar-refractivity contribution is 0.0697. The van der Waals surface area contributed by atoms with Crippen LogP contribution in [0.25, 0.3) is 0 Å². The van der Waals surface area contributed by atoms with E-state index in [1.807, 2.05) is 0 Å². The molecule has 2 aromatic rings. The zero-order valence-electron chi connectivity index (χ0n) is 10.5.